The van der Waals surface area contributed by atoms with Crippen LogP contribution in [0, 0.1) is 0 Å². The van der Waals surface area contributed by atoms with E-state index < -0.39 is 0 Å². The SMILES string of the molecule is CCOC(c1ccccc1)c1noc(C(C)(CC)CN)n1. The fourth-order valence-corrected chi connectivity index (χ4v) is 2.08. The van der Waals surface area contributed by atoms with E-state index in [4.69, 9.17) is 15.0 Å². The quantitative estimate of drug-likeness (QED) is 0.848. The highest BCUT2D eigenvalue weighted by Crippen LogP contribution is 2.28. The molecule has 0 fully saturated rings. The third-order valence-electron chi connectivity index (χ3n) is 3.86. The maximum atomic E-state index is 5.85. The van der Waals surface area contributed by atoms with Gasteiger partial charge in [-0.3, -0.25) is 0 Å². The second-order valence-corrected chi connectivity index (χ2v) is 5.32. The number of ether oxygens (including phenoxy) is 1. The Morgan fingerprint density at radius 1 is 1.29 bits per heavy atom. The normalized spacial score (nSPS) is 15.6. The maximum absolute atomic E-state index is 5.85. The Balaban J connectivity index is 2.33. The van der Waals surface area contributed by atoms with E-state index in [9.17, 15) is 0 Å². The van der Waals surface area contributed by atoms with Gasteiger partial charge >= 0.3 is 0 Å². The molecule has 0 bridgehead atoms. The Bertz CT molecular complexity index is 550. The van der Waals surface area contributed by atoms with Crippen molar-refractivity contribution in [1.82, 2.24) is 10.1 Å². The van der Waals surface area contributed by atoms with Crippen LogP contribution >= 0.6 is 0 Å². The lowest BCUT2D eigenvalue weighted by molar-refractivity contribution is 0.0833. The van der Waals surface area contributed by atoms with Crippen molar-refractivity contribution in [3.05, 3.63) is 47.6 Å². The van der Waals surface area contributed by atoms with Crippen molar-refractivity contribution in [1.29, 1.82) is 0 Å². The molecule has 5 nitrogen and oxygen atoms in total. The first-order valence-electron chi connectivity index (χ1n) is 7.35. The second-order valence-electron chi connectivity index (χ2n) is 5.32. The van der Waals surface area contributed by atoms with Gasteiger partial charge in [-0.05, 0) is 25.8 Å². The fourth-order valence-electron chi connectivity index (χ4n) is 2.08. The van der Waals surface area contributed by atoms with Crippen LogP contribution in [0.15, 0.2) is 34.9 Å². The maximum Gasteiger partial charge on any atom is 0.233 e. The predicted octanol–water partition coefficient (Wildman–Crippen LogP) is 2.82. The molecule has 1 aromatic carbocycles. The van der Waals surface area contributed by atoms with Gasteiger partial charge in [-0.1, -0.05) is 42.4 Å². The van der Waals surface area contributed by atoms with E-state index >= 15 is 0 Å². The fraction of sp³-hybridized carbons (Fsp3) is 0.500. The molecule has 0 aliphatic carbocycles. The van der Waals surface area contributed by atoms with Crippen molar-refractivity contribution in [3.63, 3.8) is 0 Å². The third kappa shape index (κ3) is 3.31. The lowest BCUT2D eigenvalue weighted by atomic mass is 9.88. The predicted molar refractivity (Wildman–Crippen MR) is 80.9 cm³/mol. The Morgan fingerprint density at radius 3 is 2.57 bits per heavy atom. The summed E-state index contributed by atoms with van der Waals surface area (Å²) in [5, 5.41) is 4.11. The Hall–Kier alpha value is -1.72. The number of hydrogen-bond donors (Lipinski definition) is 1. The first-order valence-corrected chi connectivity index (χ1v) is 7.35. The zero-order chi connectivity index (χ0) is 15.3. The molecule has 0 aliphatic heterocycles. The molecular formula is C16H23N3O2. The second kappa shape index (κ2) is 6.83. The molecule has 0 spiro atoms. The lowest BCUT2D eigenvalue weighted by Gasteiger charge is -2.20. The molecule has 2 unspecified atom stereocenters. The monoisotopic (exact) mass is 289 g/mol. The van der Waals surface area contributed by atoms with Gasteiger partial charge in [-0.25, -0.2) is 0 Å². The van der Waals surface area contributed by atoms with Crippen LogP contribution in [0.5, 0.6) is 0 Å². The van der Waals surface area contributed by atoms with Gasteiger partial charge in [0.2, 0.25) is 11.7 Å². The van der Waals surface area contributed by atoms with Crippen molar-refractivity contribution in [2.45, 2.75) is 38.7 Å². The summed E-state index contributed by atoms with van der Waals surface area (Å²) in [6.45, 7) is 7.09. The molecule has 0 aliphatic rings. The molecular weight excluding hydrogens is 266 g/mol. The first-order chi connectivity index (χ1) is 10.1. The highest BCUT2D eigenvalue weighted by molar-refractivity contribution is 5.23. The van der Waals surface area contributed by atoms with E-state index in [1.807, 2.05) is 44.2 Å². The summed E-state index contributed by atoms with van der Waals surface area (Å²) in [5.74, 6) is 1.12. The molecule has 2 atom stereocenters. The summed E-state index contributed by atoms with van der Waals surface area (Å²) >= 11 is 0. The summed E-state index contributed by atoms with van der Waals surface area (Å²) in [6, 6.07) is 9.91. The number of nitrogens with zero attached hydrogens (tertiary/aromatic N) is 2. The van der Waals surface area contributed by atoms with Crippen molar-refractivity contribution in [2.24, 2.45) is 5.73 Å². The average molecular weight is 289 g/mol. The molecule has 0 radical (unpaired) electrons. The van der Waals surface area contributed by atoms with Crippen LogP contribution in [0.1, 0.15) is 50.6 Å². The molecule has 0 saturated heterocycles. The molecule has 2 aromatic rings. The van der Waals surface area contributed by atoms with Gasteiger partial charge in [0.15, 0.2) is 0 Å². The van der Waals surface area contributed by atoms with E-state index in [-0.39, 0.29) is 11.5 Å². The lowest BCUT2D eigenvalue weighted by Crippen LogP contribution is -2.31. The van der Waals surface area contributed by atoms with E-state index in [1.54, 1.807) is 0 Å². The molecule has 114 valence electrons. The van der Waals surface area contributed by atoms with Crippen LogP contribution in [0.2, 0.25) is 0 Å². The van der Waals surface area contributed by atoms with Gasteiger partial charge in [0.05, 0.1) is 5.41 Å². The van der Waals surface area contributed by atoms with Gasteiger partial charge in [-0.15, -0.1) is 0 Å². The zero-order valence-electron chi connectivity index (χ0n) is 12.9. The number of aromatic nitrogens is 2. The zero-order valence-corrected chi connectivity index (χ0v) is 12.9. The summed E-state index contributed by atoms with van der Waals surface area (Å²) in [4.78, 5) is 4.54. The van der Waals surface area contributed by atoms with Crippen molar-refractivity contribution in [3.8, 4) is 0 Å². The van der Waals surface area contributed by atoms with Gasteiger partial charge in [0.25, 0.3) is 0 Å². The number of nitrogens with two attached hydrogens (primary N) is 1. The van der Waals surface area contributed by atoms with Crippen LogP contribution in [0.3, 0.4) is 0 Å². The number of rotatable bonds is 7. The van der Waals surface area contributed by atoms with E-state index in [1.165, 1.54) is 0 Å². The Kier molecular flexibility index (Phi) is 5.09. The van der Waals surface area contributed by atoms with Crippen LogP contribution < -0.4 is 5.73 Å². The van der Waals surface area contributed by atoms with Crippen LogP contribution in [0.4, 0.5) is 0 Å². The minimum atomic E-state index is -0.312. The number of benzene rings is 1. The largest absolute Gasteiger partial charge is 0.366 e. The average Bonchev–Trinajstić information content (AvgIpc) is 3.03. The Labute approximate surface area is 125 Å². The van der Waals surface area contributed by atoms with Gasteiger partial charge in [-0.2, -0.15) is 4.98 Å². The van der Waals surface area contributed by atoms with Crippen LogP contribution in [-0.2, 0) is 10.2 Å². The summed E-state index contributed by atoms with van der Waals surface area (Å²) < 4.78 is 11.2. The van der Waals surface area contributed by atoms with Gasteiger partial charge in [0, 0.05) is 13.2 Å². The summed E-state index contributed by atoms with van der Waals surface area (Å²) in [7, 11) is 0. The van der Waals surface area contributed by atoms with Gasteiger partial charge < -0.3 is 15.0 Å². The van der Waals surface area contributed by atoms with E-state index in [0.717, 1.165) is 12.0 Å². The molecule has 21 heavy (non-hydrogen) atoms. The topological polar surface area (TPSA) is 74.2 Å². The van der Waals surface area contributed by atoms with Crippen molar-refractivity contribution in [2.75, 3.05) is 13.2 Å². The van der Waals surface area contributed by atoms with E-state index in [0.29, 0.717) is 24.9 Å². The molecule has 5 heteroatoms. The molecule has 1 aromatic heterocycles. The smallest absolute Gasteiger partial charge is 0.233 e. The minimum Gasteiger partial charge on any atom is -0.366 e. The molecule has 0 amide bonds. The van der Waals surface area contributed by atoms with Crippen LogP contribution in [0.25, 0.3) is 0 Å². The van der Waals surface area contributed by atoms with Crippen molar-refractivity contribution >= 4 is 0 Å². The minimum absolute atomic E-state index is 0.293. The summed E-state index contributed by atoms with van der Waals surface area (Å²) in [6.07, 6.45) is 0.531. The Morgan fingerprint density at radius 2 is 2.00 bits per heavy atom. The highest BCUT2D eigenvalue weighted by atomic mass is 16.5. The molecule has 1 heterocycles. The van der Waals surface area contributed by atoms with E-state index in [2.05, 4.69) is 17.1 Å². The first kappa shape index (κ1) is 15.7. The molecule has 2 N–H and O–H groups in total. The third-order valence-corrected chi connectivity index (χ3v) is 3.86. The van der Waals surface area contributed by atoms with Gasteiger partial charge in [0.1, 0.15) is 6.10 Å². The highest BCUT2D eigenvalue weighted by Gasteiger charge is 2.31. The summed E-state index contributed by atoms with van der Waals surface area (Å²) in [5.41, 5.74) is 6.56. The molecule has 2 rings (SSSR count). The number of hydrogen-bond acceptors (Lipinski definition) is 5. The standard InChI is InChI=1S/C16H23N3O2/c1-4-16(3,11-17)15-18-14(19-21-15)13(20-5-2)12-9-7-6-8-10-12/h6-10,13H,4-5,11,17H2,1-3H3. The molecule has 0 saturated carbocycles. The van der Waals surface area contributed by atoms with Crippen LogP contribution in [-0.4, -0.2) is 23.3 Å². The van der Waals surface area contributed by atoms with Crippen molar-refractivity contribution < 1.29 is 9.26 Å².